The zero-order chi connectivity index (χ0) is 38.9. The average Bonchev–Trinajstić information content (AvgIpc) is 4.00. The van der Waals surface area contributed by atoms with Crippen LogP contribution in [0, 0.1) is 0 Å². The van der Waals surface area contributed by atoms with Gasteiger partial charge in [-0.05, 0) is 81.4 Å². The number of fused-ring (bicyclic) bond motifs is 7. The molecule has 1 aliphatic carbocycles. The maximum atomic E-state index is 6.29. The molecule has 0 amide bonds. The van der Waals surface area contributed by atoms with E-state index in [4.69, 9.17) is 24.4 Å². The minimum absolute atomic E-state index is 0.617. The van der Waals surface area contributed by atoms with Crippen LogP contribution in [0.5, 0.6) is 0 Å². The van der Waals surface area contributed by atoms with Crippen LogP contribution in [0.3, 0.4) is 0 Å². The number of nitrogens with zero attached hydrogens (tertiary/aromatic N) is 4. The molecule has 276 valence electrons. The van der Waals surface area contributed by atoms with E-state index in [0.29, 0.717) is 23.4 Å². The minimum Gasteiger partial charge on any atom is -0.436 e. The monoisotopic (exact) mass is 772 g/mol. The molecule has 0 saturated carbocycles. The van der Waals surface area contributed by atoms with Gasteiger partial charge in [0, 0.05) is 36.9 Å². The number of oxazole rings is 1. The molecule has 11 aromatic rings. The Morgan fingerprint density at radius 3 is 1.78 bits per heavy atom. The summed E-state index contributed by atoms with van der Waals surface area (Å²) >= 11 is 1.79. The standard InChI is InChI=1S/C53H32N4OS/c1-4-15-33(16-5-1)49-55-50(57-52(56-49)53(37-19-8-3-9-20-37)42-24-12-10-21-38(42)39-22-11-13-25-43(39)53)40-23-14-26-47-48(40)41-31-35(28-30-46(41)59-47)36-27-29-44-45(32-36)58-51(54-44)34-17-6-2-7-18-34/h1-32H. The zero-order valence-corrected chi connectivity index (χ0v) is 32.4. The molecule has 0 saturated heterocycles. The summed E-state index contributed by atoms with van der Waals surface area (Å²) in [6.45, 7) is 0. The van der Waals surface area contributed by atoms with E-state index < -0.39 is 5.41 Å². The topological polar surface area (TPSA) is 64.7 Å². The Morgan fingerprint density at radius 2 is 1.03 bits per heavy atom. The fraction of sp³-hybridized carbons (Fsp3) is 0.0189. The van der Waals surface area contributed by atoms with Gasteiger partial charge in [0.2, 0.25) is 5.89 Å². The second-order valence-electron chi connectivity index (χ2n) is 14.9. The summed E-state index contributed by atoms with van der Waals surface area (Å²) in [5, 5.41) is 2.27. The summed E-state index contributed by atoms with van der Waals surface area (Å²) in [7, 11) is 0. The second-order valence-corrected chi connectivity index (χ2v) is 16.0. The Balaban J connectivity index is 1.09. The number of benzene rings is 8. The first-order valence-corrected chi connectivity index (χ1v) is 20.5. The molecular weight excluding hydrogens is 741 g/mol. The van der Waals surface area contributed by atoms with Gasteiger partial charge in [-0.15, -0.1) is 11.3 Å². The molecular formula is C53H32N4OS. The smallest absolute Gasteiger partial charge is 0.227 e. The summed E-state index contributed by atoms with van der Waals surface area (Å²) in [5.74, 6) is 2.58. The molecule has 8 aromatic carbocycles. The molecule has 0 bridgehead atoms. The predicted octanol–water partition coefficient (Wildman–Crippen LogP) is 13.4. The number of hydrogen-bond donors (Lipinski definition) is 0. The Labute approximate surface area is 344 Å². The summed E-state index contributed by atoms with van der Waals surface area (Å²) in [5.41, 5.74) is 11.6. The van der Waals surface area contributed by atoms with Gasteiger partial charge in [-0.3, -0.25) is 0 Å². The molecule has 0 unspecified atom stereocenters. The molecule has 1 aliphatic rings. The van der Waals surface area contributed by atoms with Crippen molar-refractivity contribution >= 4 is 42.6 Å². The van der Waals surface area contributed by atoms with Crippen molar-refractivity contribution in [1.29, 1.82) is 0 Å². The lowest BCUT2D eigenvalue weighted by Crippen LogP contribution is -2.31. The summed E-state index contributed by atoms with van der Waals surface area (Å²) in [4.78, 5) is 21.2. The first-order valence-electron chi connectivity index (χ1n) is 19.7. The second kappa shape index (κ2) is 13.3. The van der Waals surface area contributed by atoms with Gasteiger partial charge in [0.25, 0.3) is 0 Å². The van der Waals surface area contributed by atoms with Crippen molar-refractivity contribution in [3.63, 3.8) is 0 Å². The summed E-state index contributed by atoms with van der Waals surface area (Å²) in [6, 6.07) is 67.9. The SMILES string of the molecule is c1ccc(-c2nc(-c3cccc4sc5ccc(-c6ccc7nc(-c8ccccc8)oc7c6)cc5c34)nc(C3(c4ccccc4)c4ccccc4-c4ccccc43)n2)cc1. The van der Waals surface area contributed by atoms with E-state index in [2.05, 4.69) is 140 Å². The van der Waals surface area contributed by atoms with Gasteiger partial charge in [0.15, 0.2) is 23.1 Å². The largest absolute Gasteiger partial charge is 0.436 e. The Hall–Kier alpha value is -7.54. The van der Waals surface area contributed by atoms with E-state index >= 15 is 0 Å². The lowest BCUT2D eigenvalue weighted by molar-refractivity contribution is 0.620. The van der Waals surface area contributed by atoms with Crippen LogP contribution in [0.2, 0.25) is 0 Å². The molecule has 3 heterocycles. The van der Waals surface area contributed by atoms with Crippen molar-refractivity contribution in [2.75, 3.05) is 0 Å². The number of hydrogen-bond acceptors (Lipinski definition) is 6. The van der Waals surface area contributed by atoms with Gasteiger partial charge < -0.3 is 4.42 Å². The average molecular weight is 773 g/mol. The van der Waals surface area contributed by atoms with Crippen LogP contribution in [-0.2, 0) is 5.41 Å². The van der Waals surface area contributed by atoms with E-state index in [1.165, 1.54) is 20.5 Å². The highest BCUT2D eigenvalue weighted by molar-refractivity contribution is 7.26. The third-order valence-corrected chi connectivity index (χ3v) is 12.8. The molecule has 6 heteroatoms. The van der Waals surface area contributed by atoms with Gasteiger partial charge in [0.05, 0.1) is 0 Å². The quantitative estimate of drug-likeness (QED) is 0.168. The molecule has 12 rings (SSSR count). The molecule has 3 aromatic heterocycles. The van der Waals surface area contributed by atoms with E-state index in [-0.39, 0.29) is 0 Å². The van der Waals surface area contributed by atoms with Crippen LogP contribution < -0.4 is 0 Å². The van der Waals surface area contributed by atoms with Crippen LogP contribution in [-0.4, -0.2) is 19.9 Å². The number of rotatable bonds is 6. The third-order valence-electron chi connectivity index (χ3n) is 11.6. The highest BCUT2D eigenvalue weighted by Gasteiger charge is 2.48. The summed E-state index contributed by atoms with van der Waals surface area (Å²) in [6.07, 6.45) is 0. The van der Waals surface area contributed by atoms with Crippen molar-refractivity contribution in [2.24, 2.45) is 0 Å². The molecule has 0 fully saturated rings. The molecule has 0 radical (unpaired) electrons. The fourth-order valence-electron chi connectivity index (χ4n) is 8.99. The molecule has 0 spiro atoms. The predicted molar refractivity (Wildman–Crippen MR) is 239 cm³/mol. The highest BCUT2D eigenvalue weighted by atomic mass is 32.1. The van der Waals surface area contributed by atoms with Crippen LogP contribution in [0.4, 0.5) is 0 Å². The van der Waals surface area contributed by atoms with Crippen molar-refractivity contribution in [3.05, 3.63) is 217 Å². The highest BCUT2D eigenvalue weighted by Crippen LogP contribution is 2.55. The van der Waals surface area contributed by atoms with Crippen LogP contribution in [0.15, 0.2) is 199 Å². The molecule has 0 N–H and O–H groups in total. The van der Waals surface area contributed by atoms with E-state index in [9.17, 15) is 0 Å². The molecule has 0 aliphatic heterocycles. The Bertz CT molecular complexity index is 3350. The maximum absolute atomic E-state index is 6.29. The fourth-order valence-corrected chi connectivity index (χ4v) is 10.1. The normalized spacial score (nSPS) is 12.9. The van der Waals surface area contributed by atoms with Crippen molar-refractivity contribution in [3.8, 4) is 56.5 Å². The van der Waals surface area contributed by atoms with Gasteiger partial charge in [-0.1, -0.05) is 152 Å². The first kappa shape index (κ1) is 33.6. The van der Waals surface area contributed by atoms with E-state index in [1.54, 1.807) is 11.3 Å². The van der Waals surface area contributed by atoms with Gasteiger partial charge >= 0.3 is 0 Å². The minimum atomic E-state index is -0.785. The number of thiophene rings is 1. The Kier molecular flexibility index (Phi) is 7.55. The number of aromatic nitrogens is 4. The summed E-state index contributed by atoms with van der Waals surface area (Å²) < 4.78 is 8.66. The van der Waals surface area contributed by atoms with E-state index in [0.717, 1.165) is 66.4 Å². The van der Waals surface area contributed by atoms with Crippen LogP contribution in [0.1, 0.15) is 22.5 Å². The zero-order valence-electron chi connectivity index (χ0n) is 31.6. The van der Waals surface area contributed by atoms with Gasteiger partial charge in [0.1, 0.15) is 10.9 Å². The van der Waals surface area contributed by atoms with Crippen molar-refractivity contribution in [1.82, 2.24) is 19.9 Å². The lowest BCUT2D eigenvalue weighted by atomic mass is 9.71. The van der Waals surface area contributed by atoms with E-state index in [1.807, 2.05) is 54.6 Å². The van der Waals surface area contributed by atoms with Gasteiger partial charge in [-0.2, -0.15) is 0 Å². The van der Waals surface area contributed by atoms with Gasteiger partial charge in [-0.25, -0.2) is 19.9 Å². The van der Waals surface area contributed by atoms with Crippen LogP contribution in [0.25, 0.3) is 87.8 Å². The maximum Gasteiger partial charge on any atom is 0.227 e. The van der Waals surface area contributed by atoms with Crippen molar-refractivity contribution in [2.45, 2.75) is 5.41 Å². The lowest BCUT2D eigenvalue weighted by Gasteiger charge is -2.32. The third kappa shape index (κ3) is 5.23. The first-order chi connectivity index (χ1) is 29.2. The molecule has 5 nitrogen and oxygen atoms in total. The Morgan fingerprint density at radius 1 is 0.424 bits per heavy atom. The van der Waals surface area contributed by atoms with Crippen LogP contribution >= 0.6 is 11.3 Å². The molecule has 59 heavy (non-hydrogen) atoms. The van der Waals surface area contributed by atoms with Crippen molar-refractivity contribution < 1.29 is 4.42 Å². The molecule has 0 atom stereocenters.